The van der Waals surface area contributed by atoms with Crippen molar-refractivity contribution in [3.05, 3.63) is 48.2 Å². The summed E-state index contributed by atoms with van der Waals surface area (Å²) in [5, 5.41) is 2.80. The number of ether oxygens (including phenoxy) is 2. The first-order valence-electron chi connectivity index (χ1n) is 7.34. The molecule has 5 heteroatoms. The van der Waals surface area contributed by atoms with Crippen molar-refractivity contribution in [2.45, 2.75) is 25.9 Å². The number of aryl methyl sites for hydroxylation is 1. The molecule has 1 aromatic heterocycles. The molecule has 3 rings (SSSR count). The third-order valence-corrected chi connectivity index (χ3v) is 3.47. The van der Waals surface area contributed by atoms with Crippen LogP contribution in [0.4, 0.5) is 5.69 Å². The standard InChI is InChI=1S/C17H18N2O3/c1-12-4-7-14(8-5-12)22-16-9-6-13(11-18-16)19-17(20)15-3-2-10-21-15/h4-9,11,15H,2-3,10H2,1H3,(H,19,20). The van der Waals surface area contributed by atoms with Crippen LogP contribution in [-0.2, 0) is 9.53 Å². The molecule has 0 radical (unpaired) electrons. The summed E-state index contributed by atoms with van der Waals surface area (Å²) in [6.45, 7) is 2.67. The molecule has 2 heterocycles. The van der Waals surface area contributed by atoms with Gasteiger partial charge in [0, 0.05) is 12.7 Å². The highest BCUT2D eigenvalue weighted by Gasteiger charge is 2.23. The van der Waals surface area contributed by atoms with Crippen LogP contribution in [0.5, 0.6) is 11.6 Å². The topological polar surface area (TPSA) is 60.5 Å². The Morgan fingerprint density at radius 1 is 1.27 bits per heavy atom. The number of hydrogen-bond acceptors (Lipinski definition) is 4. The minimum absolute atomic E-state index is 0.119. The van der Waals surface area contributed by atoms with E-state index in [0.717, 1.165) is 18.6 Å². The fourth-order valence-corrected chi connectivity index (χ4v) is 2.25. The third kappa shape index (κ3) is 3.62. The van der Waals surface area contributed by atoms with E-state index in [2.05, 4.69) is 10.3 Å². The molecule has 0 spiro atoms. The highest BCUT2D eigenvalue weighted by Crippen LogP contribution is 2.21. The SMILES string of the molecule is Cc1ccc(Oc2ccc(NC(=O)C3CCCO3)cn2)cc1. The number of amides is 1. The summed E-state index contributed by atoms with van der Waals surface area (Å²) in [5.74, 6) is 1.10. The Balaban J connectivity index is 1.60. The maximum atomic E-state index is 11.9. The van der Waals surface area contributed by atoms with Crippen molar-refractivity contribution >= 4 is 11.6 Å². The molecule has 1 N–H and O–H groups in total. The van der Waals surface area contributed by atoms with Gasteiger partial charge in [0.1, 0.15) is 11.9 Å². The van der Waals surface area contributed by atoms with Gasteiger partial charge in [-0.15, -0.1) is 0 Å². The Morgan fingerprint density at radius 3 is 2.73 bits per heavy atom. The van der Waals surface area contributed by atoms with Crippen LogP contribution in [0.3, 0.4) is 0 Å². The Hall–Kier alpha value is -2.40. The molecule has 114 valence electrons. The maximum absolute atomic E-state index is 11.9. The van der Waals surface area contributed by atoms with Crippen LogP contribution in [0.15, 0.2) is 42.6 Å². The van der Waals surface area contributed by atoms with Crippen LogP contribution in [0.1, 0.15) is 18.4 Å². The molecule has 0 saturated carbocycles. The van der Waals surface area contributed by atoms with Crippen molar-refractivity contribution in [1.29, 1.82) is 0 Å². The normalized spacial score (nSPS) is 17.2. The van der Waals surface area contributed by atoms with Crippen molar-refractivity contribution in [3.63, 3.8) is 0 Å². The van der Waals surface area contributed by atoms with E-state index in [0.29, 0.717) is 18.2 Å². The van der Waals surface area contributed by atoms with Crippen molar-refractivity contribution in [3.8, 4) is 11.6 Å². The van der Waals surface area contributed by atoms with Gasteiger partial charge >= 0.3 is 0 Å². The minimum atomic E-state index is -0.344. The summed E-state index contributed by atoms with van der Waals surface area (Å²) < 4.78 is 11.0. The van der Waals surface area contributed by atoms with E-state index in [1.807, 2.05) is 31.2 Å². The zero-order chi connectivity index (χ0) is 15.4. The highest BCUT2D eigenvalue weighted by atomic mass is 16.5. The number of pyridine rings is 1. The maximum Gasteiger partial charge on any atom is 0.253 e. The van der Waals surface area contributed by atoms with Gasteiger partial charge in [0.05, 0.1) is 11.9 Å². The second kappa shape index (κ2) is 6.58. The van der Waals surface area contributed by atoms with E-state index in [4.69, 9.17) is 9.47 Å². The Labute approximate surface area is 129 Å². The molecule has 22 heavy (non-hydrogen) atoms. The van der Waals surface area contributed by atoms with E-state index in [9.17, 15) is 4.79 Å². The van der Waals surface area contributed by atoms with Gasteiger partial charge in [0.25, 0.3) is 5.91 Å². The smallest absolute Gasteiger partial charge is 0.253 e. The second-order valence-corrected chi connectivity index (χ2v) is 5.29. The minimum Gasteiger partial charge on any atom is -0.439 e. The number of benzene rings is 1. The van der Waals surface area contributed by atoms with E-state index >= 15 is 0 Å². The lowest BCUT2D eigenvalue weighted by Gasteiger charge is -2.10. The largest absolute Gasteiger partial charge is 0.439 e. The Kier molecular flexibility index (Phi) is 4.34. The molecule has 1 aliphatic rings. The number of hydrogen-bond donors (Lipinski definition) is 1. The summed E-state index contributed by atoms with van der Waals surface area (Å²) in [4.78, 5) is 16.1. The van der Waals surface area contributed by atoms with Crippen LogP contribution < -0.4 is 10.1 Å². The average molecular weight is 298 g/mol. The number of nitrogens with zero attached hydrogens (tertiary/aromatic N) is 1. The first kappa shape index (κ1) is 14.5. The van der Waals surface area contributed by atoms with Gasteiger partial charge in [0.2, 0.25) is 5.88 Å². The van der Waals surface area contributed by atoms with Crippen molar-refractivity contribution in [1.82, 2.24) is 4.98 Å². The molecule has 1 amide bonds. The zero-order valence-corrected chi connectivity index (χ0v) is 12.4. The lowest BCUT2D eigenvalue weighted by molar-refractivity contribution is -0.124. The number of rotatable bonds is 4. The molecule has 2 aromatic rings. The van der Waals surface area contributed by atoms with E-state index in [-0.39, 0.29) is 12.0 Å². The van der Waals surface area contributed by atoms with Crippen molar-refractivity contribution < 1.29 is 14.3 Å². The lowest BCUT2D eigenvalue weighted by Crippen LogP contribution is -2.26. The lowest BCUT2D eigenvalue weighted by atomic mass is 10.2. The van der Waals surface area contributed by atoms with Gasteiger partial charge in [-0.2, -0.15) is 0 Å². The van der Waals surface area contributed by atoms with Gasteiger partial charge in [0.15, 0.2) is 0 Å². The molecule has 0 aliphatic carbocycles. The van der Waals surface area contributed by atoms with Crippen molar-refractivity contribution in [2.75, 3.05) is 11.9 Å². The van der Waals surface area contributed by atoms with Crippen LogP contribution in [0, 0.1) is 6.92 Å². The van der Waals surface area contributed by atoms with Crippen LogP contribution >= 0.6 is 0 Å². The predicted octanol–water partition coefficient (Wildman–Crippen LogP) is 3.30. The quantitative estimate of drug-likeness (QED) is 0.941. The Bertz CT molecular complexity index is 632. The summed E-state index contributed by atoms with van der Waals surface area (Å²) in [6.07, 6.45) is 2.94. The number of nitrogens with one attached hydrogen (secondary N) is 1. The first-order valence-corrected chi connectivity index (χ1v) is 7.34. The number of carbonyl (C=O) groups is 1. The molecule has 1 saturated heterocycles. The second-order valence-electron chi connectivity index (χ2n) is 5.29. The monoisotopic (exact) mass is 298 g/mol. The average Bonchev–Trinajstić information content (AvgIpc) is 3.06. The molecule has 1 aliphatic heterocycles. The predicted molar refractivity (Wildman–Crippen MR) is 83.1 cm³/mol. The van der Waals surface area contributed by atoms with Gasteiger partial charge in [-0.3, -0.25) is 4.79 Å². The molecular weight excluding hydrogens is 280 g/mol. The van der Waals surface area contributed by atoms with Crippen molar-refractivity contribution in [2.24, 2.45) is 0 Å². The van der Waals surface area contributed by atoms with Gasteiger partial charge < -0.3 is 14.8 Å². The van der Waals surface area contributed by atoms with E-state index in [1.54, 1.807) is 18.3 Å². The van der Waals surface area contributed by atoms with E-state index < -0.39 is 0 Å². The molecule has 1 unspecified atom stereocenters. The van der Waals surface area contributed by atoms with Crippen LogP contribution in [0.25, 0.3) is 0 Å². The summed E-state index contributed by atoms with van der Waals surface area (Å²) in [7, 11) is 0. The van der Waals surface area contributed by atoms with Gasteiger partial charge in [-0.05, 0) is 38.0 Å². The number of aromatic nitrogens is 1. The first-order chi connectivity index (χ1) is 10.7. The molecule has 1 aromatic carbocycles. The van der Waals surface area contributed by atoms with Gasteiger partial charge in [-0.1, -0.05) is 17.7 Å². The van der Waals surface area contributed by atoms with Crippen LogP contribution in [-0.4, -0.2) is 23.6 Å². The summed E-state index contributed by atoms with van der Waals surface area (Å²) in [5.41, 5.74) is 1.81. The van der Waals surface area contributed by atoms with E-state index in [1.165, 1.54) is 5.56 Å². The fourth-order valence-electron chi connectivity index (χ4n) is 2.25. The molecular formula is C17H18N2O3. The molecule has 1 fully saturated rings. The Morgan fingerprint density at radius 2 is 2.09 bits per heavy atom. The fraction of sp³-hybridized carbons (Fsp3) is 0.294. The number of carbonyl (C=O) groups excluding carboxylic acids is 1. The summed E-state index contributed by atoms with van der Waals surface area (Å²) in [6, 6.07) is 11.2. The zero-order valence-electron chi connectivity index (χ0n) is 12.4. The van der Waals surface area contributed by atoms with Gasteiger partial charge in [-0.25, -0.2) is 4.98 Å². The summed E-state index contributed by atoms with van der Waals surface area (Å²) >= 11 is 0. The molecule has 5 nitrogen and oxygen atoms in total. The number of anilines is 1. The molecule has 1 atom stereocenters. The van der Waals surface area contributed by atoms with Crippen LogP contribution in [0.2, 0.25) is 0 Å². The third-order valence-electron chi connectivity index (χ3n) is 3.47. The molecule has 0 bridgehead atoms. The highest BCUT2D eigenvalue weighted by molar-refractivity contribution is 5.94.